The summed E-state index contributed by atoms with van der Waals surface area (Å²) in [5.41, 5.74) is 12.1. The second kappa shape index (κ2) is 11.8. The summed E-state index contributed by atoms with van der Waals surface area (Å²) in [5, 5.41) is 4.60. The minimum Gasteiger partial charge on any atom is -0.496 e. The summed E-state index contributed by atoms with van der Waals surface area (Å²) in [6.45, 7) is 2.92. The summed E-state index contributed by atoms with van der Waals surface area (Å²) in [6, 6.07) is 16.0. The number of benzene rings is 2. The van der Waals surface area contributed by atoms with E-state index in [0.29, 0.717) is 17.9 Å². The number of hydrogen-bond donors (Lipinski definition) is 1. The third-order valence-corrected chi connectivity index (χ3v) is 9.58. The first-order valence-electron chi connectivity index (χ1n) is 15.3. The maximum absolute atomic E-state index is 14.1. The predicted molar refractivity (Wildman–Crippen MR) is 161 cm³/mol. The van der Waals surface area contributed by atoms with Crippen molar-refractivity contribution >= 4 is 11.6 Å². The molecule has 0 atom stereocenters. The van der Waals surface area contributed by atoms with Crippen molar-refractivity contribution in [2.24, 2.45) is 17.6 Å². The van der Waals surface area contributed by atoms with Gasteiger partial charge in [0.05, 0.1) is 19.3 Å². The number of carbonyl (C=O) groups is 1. The third-order valence-electron chi connectivity index (χ3n) is 9.58. The van der Waals surface area contributed by atoms with E-state index in [0.717, 1.165) is 80.5 Å². The van der Waals surface area contributed by atoms with Crippen LogP contribution < -0.4 is 15.4 Å². The summed E-state index contributed by atoms with van der Waals surface area (Å²) in [7, 11) is 1.73. The molecule has 0 radical (unpaired) electrons. The number of hydrogen-bond acceptors (Lipinski definition) is 4. The van der Waals surface area contributed by atoms with Gasteiger partial charge in [0.15, 0.2) is 0 Å². The van der Waals surface area contributed by atoms with Gasteiger partial charge in [-0.1, -0.05) is 24.3 Å². The van der Waals surface area contributed by atoms with Crippen molar-refractivity contribution < 1.29 is 9.53 Å². The van der Waals surface area contributed by atoms with Crippen molar-refractivity contribution in [1.82, 2.24) is 9.78 Å². The molecule has 2 N–H and O–H groups in total. The van der Waals surface area contributed by atoms with E-state index < -0.39 is 0 Å². The van der Waals surface area contributed by atoms with Crippen molar-refractivity contribution in [2.45, 2.75) is 89.1 Å². The van der Waals surface area contributed by atoms with Crippen molar-refractivity contribution in [3.63, 3.8) is 0 Å². The van der Waals surface area contributed by atoms with Crippen LogP contribution in [-0.2, 0) is 4.79 Å². The fourth-order valence-corrected chi connectivity index (χ4v) is 6.88. The fraction of sp³-hybridized carbons (Fsp3) is 0.529. The minimum atomic E-state index is 0.0692. The molecule has 3 aliphatic carbocycles. The molecule has 1 aromatic heterocycles. The van der Waals surface area contributed by atoms with Crippen LogP contribution in [0.5, 0.6) is 5.75 Å². The van der Waals surface area contributed by atoms with Crippen LogP contribution in [0.3, 0.4) is 0 Å². The molecule has 0 saturated heterocycles. The first-order chi connectivity index (χ1) is 19.5. The van der Waals surface area contributed by atoms with Crippen LogP contribution in [0.1, 0.15) is 87.3 Å². The number of methoxy groups -OCH3 is 1. The Bertz CT molecular complexity index is 1310. The summed E-state index contributed by atoms with van der Waals surface area (Å²) in [5.74, 6) is 2.39. The van der Waals surface area contributed by atoms with Gasteiger partial charge in [0.25, 0.3) is 0 Å². The van der Waals surface area contributed by atoms with Crippen LogP contribution in [0.4, 0.5) is 5.69 Å². The molecule has 0 bridgehead atoms. The Kier molecular flexibility index (Phi) is 7.97. The number of nitrogens with two attached hydrogens (primary N) is 1. The smallest absolute Gasteiger partial charge is 0.230 e. The van der Waals surface area contributed by atoms with Crippen LogP contribution in [-0.4, -0.2) is 35.4 Å². The molecule has 3 aromatic rings. The molecule has 40 heavy (non-hydrogen) atoms. The van der Waals surface area contributed by atoms with Gasteiger partial charge >= 0.3 is 0 Å². The normalized spacial score (nSPS) is 25.0. The van der Waals surface area contributed by atoms with E-state index in [1.807, 2.05) is 6.20 Å². The Morgan fingerprint density at radius 1 is 0.975 bits per heavy atom. The standard InChI is InChI=1S/C34H44N4O2/c1-23-18-28(12-17-33(23)40-2)25-8-6-24(7-9-25)21-37(34(39)26-10-13-30(35)14-11-26)32-5-3-4-27(19-32)29-20-36-38(22-29)31-15-16-31/h3-5,12,17-20,22,24-26,30-31H,6-11,13-16,21,35H2,1-2H3. The maximum atomic E-state index is 14.1. The Balaban J connectivity index is 1.19. The van der Waals surface area contributed by atoms with Crippen molar-refractivity contribution in [2.75, 3.05) is 18.6 Å². The van der Waals surface area contributed by atoms with Crippen LogP contribution >= 0.6 is 0 Å². The molecule has 6 heteroatoms. The van der Waals surface area contributed by atoms with Gasteiger partial charge in [-0.2, -0.15) is 5.10 Å². The first kappa shape index (κ1) is 27.1. The minimum absolute atomic E-state index is 0.0692. The molecule has 3 fully saturated rings. The van der Waals surface area contributed by atoms with Crippen molar-refractivity contribution in [3.8, 4) is 16.9 Å². The Morgan fingerprint density at radius 3 is 2.45 bits per heavy atom. The number of ether oxygens (including phenoxy) is 1. The van der Waals surface area contributed by atoms with Gasteiger partial charge in [0.2, 0.25) is 5.91 Å². The molecule has 3 saturated carbocycles. The SMILES string of the molecule is COc1ccc(C2CCC(CN(C(=O)C3CCC(N)CC3)c3cccc(-c4cnn(C5CC5)c4)c3)CC2)cc1C. The number of amides is 1. The van der Waals surface area contributed by atoms with E-state index in [1.165, 1.54) is 24.0 Å². The lowest BCUT2D eigenvalue weighted by Gasteiger charge is -2.36. The Morgan fingerprint density at radius 2 is 1.75 bits per heavy atom. The second-order valence-electron chi connectivity index (χ2n) is 12.5. The molecule has 3 aliphatic rings. The lowest BCUT2D eigenvalue weighted by molar-refractivity contribution is -0.123. The first-order valence-corrected chi connectivity index (χ1v) is 15.3. The molecule has 0 spiro atoms. The topological polar surface area (TPSA) is 73.4 Å². The van der Waals surface area contributed by atoms with Gasteiger partial charge in [-0.15, -0.1) is 0 Å². The molecule has 0 unspecified atom stereocenters. The molecular weight excluding hydrogens is 496 g/mol. The van der Waals surface area contributed by atoms with Gasteiger partial charge < -0.3 is 15.4 Å². The highest BCUT2D eigenvalue weighted by molar-refractivity contribution is 5.95. The van der Waals surface area contributed by atoms with Crippen molar-refractivity contribution in [1.29, 1.82) is 0 Å². The monoisotopic (exact) mass is 540 g/mol. The zero-order valence-electron chi connectivity index (χ0n) is 24.1. The molecule has 212 valence electrons. The summed E-state index contributed by atoms with van der Waals surface area (Å²) in [4.78, 5) is 16.2. The average Bonchev–Trinajstić information content (AvgIpc) is 3.72. The van der Waals surface area contributed by atoms with Gasteiger partial charge in [0, 0.05) is 36.0 Å². The summed E-state index contributed by atoms with van der Waals surface area (Å²) in [6.07, 6.45) is 14.8. The van der Waals surface area contributed by atoms with Gasteiger partial charge in [-0.25, -0.2) is 0 Å². The highest BCUT2D eigenvalue weighted by atomic mass is 16.5. The molecule has 6 nitrogen and oxygen atoms in total. The van der Waals surface area contributed by atoms with Gasteiger partial charge in [-0.05, 0) is 118 Å². The van der Waals surface area contributed by atoms with E-state index >= 15 is 0 Å². The molecule has 0 aliphatic heterocycles. The lowest BCUT2D eigenvalue weighted by atomic mass is 9.78. The van der Waals surface area contributed by atoms with Crippen LogP contribution in [0.25, 0.3) is 11.1 Å². The van der Waals surface area contributed by atoms with Crippen LogP contribution in [0, 0.1) is 18.8 Å². The number of rotatable bonds is 8. The Hall–Kier alpha value is -3.12. The van der Waals surface area contributed by atoms with E-state index in [-0.39, 0.29) is 17.9 Å². The number of carbonyl (C=O) groups excluding carboxylic acids is 1. The zero-order valence-corrected chi connectivity index (χ0v) is 24.1. The average molecular weight is 541 g/mol. The number of anilines is 1. The third kappa shape index (κ3) is 5.97. The Labute approximate surface area is 238 Å². The molecule has 2 aromatic carbocycles. The molecule has 6 rings (SSSR count). The highest BCUT2D eigenvalue weighted by Crippen LogP contribution is 2.39. The van der Waals surface area contributed by atoms with Gasteiger partial charge in [-0.3, -0.25) is 9.48 Å². The summed E-state index contributed by atoms with van der Waals surface area (Å²) >= 11 is 0. The molecule has 1 amide bonds. The van der Waals surface area contributed by atoms with E-state index in [4.69, 9.17) is 10.5 Å². The zero-order chi connectivity index (χ0) is 27.6. The second-order valence-corrected chi connectivity index (χ2v) is 12.5. The number of aryl methyl sites for hydroxylation is 1. The van der Waals surface area contributed by atoms with Crippen LogP contribution in [0.15, 0.2) is 54.9 Å². The largest absolute Gasteiger partial charge is 0.496 e. The summed E-state index contributed by atoms with van der Waals surface area (Å²) < 4.78 is 7.57. The van der Waals surface area contributed by atoms with E-state index in [1.54, 1.807) is 7.11 Å². The predicted octanol–water partition coefficient (Wildman–Crippen LogP) is 7.03. The van der Waals surface area contributed by atoms with Crippen LogP contribution in [0.2, 0.25) is 0 Å². The number of aromatic nitrogens is 2. The highest BCUT2D eigenvalue weighted by Gasteiger charge is 2.32. The molecular formula is C34H44N4O2. The lowest BCUT2D eigenvalue weighted by Crippen LogP contribution is -2.42. The van der Waals surface area contributed by atoms with Gasteiger partial charge in [0.1, 0.15) is 5.75 Å². The quantitative estimate of drug-likeness (QED) is 0.333. The van der Waals surface area contributed by atoms with Crippen molar-refractivity contribution in [3.05, 3.63) is 66.0 Å². The molecule has 1 heterocycles. The fourth-order valence-electron chi connectivity index (χ4n) is 6.88. The van der Waals surface area contributed by atoms with E-state index in [9.17, 15) is 4.79 Å². The van der Waals surface area contributed by atoms with E-state index in [2.05, 4.69) is 70.3 Å². The number of nitrogens with zero attached hydrogens (tertiary/aromatic N) is 3. The maximum Gasteiger partial charge on any atom is 0.230 e.